The zero-order valence-corrected chi connectivity index (χ0v) is 19.6. The Kier molecular flexibility index (Phi) is 7.02. The van der Waals surface area contributed by atoms with E-state index in [9.17, 15) is 17.6 Å². The van der Waals surface area contributed by atoms with Gasteiger partial charge in [0.2, 0.25) is 0 Å². The Hall–Kier alpha value is -3.59. The molecule has 2 N–H and O–H groups in total. The van der Waals surface area contributed by atoms with Crippen LogP contribution in [0.25, 0.3) is 0 Å². The molecule has 1 aliphatic rings. The molecule has 4 rings (SSSR count). The number of rotatable bonds is 8. The van der Waals surface area contributed by atoms with Crippen molar-refractivity contribution in [1.82, 2.24) is 0 Å². The normalized spacial score (nSPS) is 13.5. The van der Waals surface area contributed by atoms with Gasteiger partial charge in [-0.3, -0.25) is 9.52 Å². The number of benzene rings is 3. The topological polar surface area (TPSA) is 87.7 Å². The highest BCUT2D eigenvalue weighted by Gasteiger charge is 2.21. The largest absolute Gasteiger partial charge is 0.494 e. The van der Waals surface area contributed by atoms with Crippen LogP contribution in [0.5, 0.6) is 5.75 Å². The van der Waals surface area contributed by atoms with Gasteiger partial charge in [0.25, 0.3) is 15.9 Å². The molecule has 34 heavy (non-hydrogen) atoms. The Morgan fingerprint density at radius 3 is 2.32 bits per heavy atom. The van der Waals surface area contributed by atoms with Crippen molar-refractivity contribution in [2.75, 3.05) is 34.6 Å². The first kappa shape index (κ1) is 23.6. The Morgan fingerprint density at radius 2 is 1.68 bits per heavy atom. The summed E-state index contributed by atoms with van der Waals surface area (Å²) in [6, 6.07) is 16.8. The molecule has 1 heterocycles. The molecule has 3 aromatic carbocycles. The van der Waals surface area contributed by atoms with Crippen molar-refractivity contribution in [3.63, 3.8) is 0 Å². The molecule has 9 heteroatoms. The number of ether oxygens (including phenoxy) is 1. The van der Waals surface area contributed by atoms with Crippen LogP contribution in [0, 0.1) is 5.82 Å². The third-order valence-electron chi connectivity index (χ3n) is 5.52. The van der Waals surface area contributed by atoms with Gasteiger partial charge in [-0.25, -0.2) is 12.8 Å². The van der Waals surface area contributed by atoms with Gasteiger partial charge in [-0.05, 0) is 80.4 Å². The van der Waals surface area contributed by atoms with E-state index in [1.807, 2.05) is 11.8 Å². The summed E-state index contributed by atoms with van der Waals surface area (Å²) in [7, 11) is -3.85. The average Bonchev–Trinajstić information content (AvgIpc) is 3.36. The highest BCUT2D eigenvalue weighted by molar-refractivity contribution is 7.92. The second-order valence-electron chi connectivity index (χ2n) is 7.87. The number of amides is 1. The number of nitrogens with zero attached hydrogens (tertiary/aromatic N) is 1. The molecule has 1 saturated heterocycles. The first-order chi connectivity index (χ1) is 16.4. The molecule has 3 aromatic rings. The quantitative estimate of drug-likeness (QED) is 0.477. The number of para-hydroxylation sites is 1. The first-order valence-corrected chi connectivity index (χ1v) is 12.6. The minimum Gasteiger partial charge on any atom is -0.494 e. The minimum atomic E-state index is -3.85. The number of carbonyl (C=O) groups excluding carboxylic acids is 1. The van der Waals surface area contributed by atoms with E-state index in [1.54, 1.807) is 36.4 Å². The van der Waals surface area contributed by atoms with Crippen molar-refractivity contribution in [2.45, 2.75) is 24.7 Å². The lowest BCUT2D eigenvalue weighted by atomic mass is 10.2. The number of hydrogen-bond donors (Lipinski definition) is 2. The summed E-state index contributed by atoms with van der Waals surface area (Å²) in [4.78, 5) is 14.8. The molecule has 0 spiro atoms. The van der Waals surface area contributed by atoms with Crippen molar-refractivity contribution in [2.24, 2.45) is 0 Å². The third kappa shape index (κ3) is 5.31. The second-order valence-corrected chi connectivity index (χ2v) is 9.55. The number of nitrogens with one attached hydrogen (secondary N) is 2. The smallest absolute Gasteiger partial charge is 0.261 e. The van der Waals surface area contributed by atoms with Gasteiger partial charge in [-0.1, -0.05) is 6.07 Å². The molecule has 1 fully saturated rings. The molecule has 0 atom stereocenters. The van der Waals surface area contributed by atoms with E-state index in [2.05, 4.69) is 10.0 Å². The van der Waals surface area contributed by atoms with Crippen LogP contribution in [0.3, 0.4) is 0 Å². The van der Waals surface area contributed by atoms with Crippen LogP contribution in [0.15, 0.2) is 71.6 Å². The molecule has 178 valence electrons. The molecule has 0 aromatic heterocycles. The predicted octanol–water partition coefficient (Wildman–Crippen LogP) is 4.88. The van der Waals surface area contributed by atoms with E-state index >= 15 is 0 Å². The van der Waals surface area contributed by atoms with Crippen LogP contribution >= 0.6 is 0 Å². The minimum absolute atomic E-state index is 0.00146. The van der Waals surface area contributed by atoms with Crippen molar-refractivity contribution >= 4 is 33.0 Å². The summed E-state index contributed by atoms with van der Waals surface area (Å²) in [5.74, 6) is -0.394. The fourth-order valence-electron chi connectivity index (χ4n) is 3.83. The van der Waals surface area contributed by atoms with E-state index in [-0.39, 0.29) is 16.1 Å². The fourth-order valence-corrected chi connectivity index (χ4v) is 4.89. The van der Waals surface area contributed by atoms with Crippen molar-refractivity contribution < 1.29 is 22.3 Å². The lowest BCUT2D eigenvalue weighted by molar-refractivity contribution is 0.102. The summed E-state index contributed by atoms with van der Waals surface area (Å²) < 4.78 is 47.8. The number of anilines is 3. The Balaban J connectivity index is 1.48. The van der Waals surface area contributed by atoms with Crippen molar-refractivity contribution in [3.8, 4) is 5.75 Å². The van der Waals surface area contributed by atoms with E-state index in [0.717, 1.165) is 25.9 Å². The van der Waals surface area contributed by atoms with E-state index < -0.39 is 21.7 Å². The monoisotopic (exact) mass is 483 g/mol. The standard InChI is InChI=1S/C25H26FN3O4S/c1-2-33-20-12-10-19(11-13-20)28-34(31,32)21-14-8-18(9-15-21)25(30)27-24-22(26)6-5-7-23(24)29-16-3-4-17-29/h5-15,28H,2-4,16-17H2,1H3,(H,27,30). The fraction of sp³-hybridized carbons (Fsp3) is 0.240. The Morgan fingerprint density at radius 1 is 1.00 bits per heavy atom. The van der Waals surface area contributed by atoms with Crippen LogP contribution in [0.2, 0.25) is 0 Å². The molecule has 0 saturated carbocycles. The van der Waals surface area contributed by atoms with Gasteiger partial charge in [0.05, 0.1) is 17.2 Å². The summed E-state index contributed by atoms with van der Waals surface area (Å²) >= 11 is 0. The maximum Gasteiger partial charge on any atom is 0.261 e. The summed E-state index contributed by atoms with van der Waals surface area (Å²) in [5.41, 5.74) is 1.38. The van der Waals surface area contributed by atoms with Gasteiger partial charge in [-0.15, -0.1) is 0 Å². The highest BCUT2D eigenvalue weighted by Crippen LogP contribution is 2.31. The predicted molar refractivity (Wildman–Crippen MR) is 131 cm³/mol. The van der Waals surface area contributed by atoms with Gasteiger partial charge < -0.3 is 15.0 Å². The van der Waals surface area contributed by atoms with Crippen LogP contribution in [0.1, 0.15) is 30.1 Å². The highest BCUT2D eigenvalue weighted by atomic mass is 32.2. The molecule has 0 radical (unpaired) electrons. The van der Waals surface area contributed by atoms with Crippen molar-refractivity contribution in [3.05, 3.63) is 78.1 Å². The number of sulfonamides is 1. The van der Waals surface area contributed by atoms with Gasteiger partial charge in [-0.2, -0.15) is 0 Å². The lowest BCUT2D eigenvalue weighted by Crippen LogP contribution is -2.22. The number of halogens is 1. The van der Waals surface area contributed by atoms with Gasteiger partial charge in [0.15, 0.2) is 0 Å². The van der Waals surface area contributed by atoms with Crippen LogP contribution < -0.4 is 19.7 Å². The number of carbonyl (C=O) groups is 1. The van der Waals surface area contributed by atoms with Crippen LogP contribution in [0.4, 0.5) is 21.5 Å². The van der Waals surface area contributed by atoms with Crippen molar-refractivity contribution in [1.29, 1.82) is 0 Å². The average molecular weight is 484 g/mol. The van der Waals surface area contributed by atoms with E-state index in [0.29, 0.717) is 23.7 Å². The van der Waals surface area contributed by atoms with Crippen LogP contribution in [-0.4, -0.2) is 34.0 Å². The van der Waals surface area contributed by atoms with E-state index in [1.165, 1.54) is 30.3 Å². The zero-order valence-electron chi connectivity index (χ0n) is 18.8. The summed E-state index contributed by atoms with van der Waals surface area (Å²) in [6.07, 6.45) is 2.04. The Bertz CT molecular complexity index is 1260. The first-order valence-electron chi connectivity index (χ1n) is 11.1. The second kappa shape index (κ2) is 10.1. The summed E-state index contributed by atoms with van der Waals surface area (Å²) in [6.45, 7) is 3.99. The van der Waals surface area contributed by atoms with E-state index in [4.69, 9.17) is 4.74 Å². The molecular weight excluding hydrogens is 457 g/mol. The molecule has 0 unspecified atom stereocenters. The maximum atomic E-state index is 14.5. The molecule has 0 bridgehead atoms. The zero-order chi connectivity index (χ0) is 24.1. The lowest BCUT2D eigenvalue weighted by Gasteiger charge is -2.22. The molecular formula is C25H26FN3O4S. The van der Waals surface area contributed by atoms with Gasteiger partial charge >= 0.3 is 0 Å². The maximum absolute atomic E-state index is 14.5. The molecule has 1 amide bonds. The number of hydrogen-bond acceptors (Lipinski definition) is 5. The molecule has 0 aliphatic carbocycles. The molecule has 7 nitrogen and oxygen atoms in total. The Labute approximate surface area is 198 Å². The van der Waals surface area contributed by atoms with Crippen LogP contribution in [-0.2, 0) is 10.0 Å². The van der Waals surface area contributed by atoms with Gasteiger partial charge in [0, 0.05) is 24.3 Å². The summed E-state index contributed by atoms with van der Waals surface area (Å²) in [5, 5.41) is 2.65. The molecule has 1 aliphatic heterocycles. The third-order valence-corrected chi connectivity index (χ3v) is 6.92. The SMILES string of the molecule is CCOc1ccc(NS(=O)(=O)c2ccc(C(=O)Nc3c(F)cccc3N3CCCC3)cc2)cc1. The van der Waals surface area contributed by atoms with Gasteiger partial charge in [0.1, 0.15) is 17.3 Å².